The molecule has 0 saturated carbocycles. The van der Waals surface area contributed by atoms with Crippen LogP contribution in [-0.4, -0.2) is 52.6 Å². The minimum absolute atomic E-state index is 0.433. The molecule has 144 valence electrons. The zero-order chi connectivity index (χ0) is 19.0. The Bertz CT molecular complexity index is 944. The first-order chi connectivity index (χ1) is 13.0. The fourth-order valence-electron chi connectivity index (χ4n) is 3.70. The highest BCUT2D eigenvalue weighted by Crippen LogP contribution is 2.46. The number of fused-ring (bicyclic) bond motifs is 1. The molecule has 4 rings (SSSR count). The molecule has 0 bridgehead atoms. The fraction of sp³-hybridized carbons (Fsp3) is 0.368. The van der Waals surface area contributed by atoms with E-state index in [0.29, 0.717) is 29.5 Å². The molecule has 0 radical (unpaired) electrons. The molecule has 1 N–H and O–H groups in total. The van der Waals surface area contributed by atoms with E-state index < -0.39 is 10.2 Å². The Hall–Kier alpha value is -1.80. The summed E-state index contributed by atoms with van der Waals surface area (Å²) in [7, 11) is -3.69. The lowest BCUT2D eigenvalue weighted by Crippen LogP contribution is -2.47. The van der Waals surface area contributed by atoms with Crippen molar-refractivity contribution in [2.75, 3.05) is 47.9 Å². The molecule has 0 aliphatic carbocycles. The van der Waals surface area contributed by atoms with Crippen molar-refractivity contribution < 1.29 is 8.42 Å². The van der Waals surface area contributed by atoms with Crippen LogP contribution in [0.25, 0.3) is 0 Å². The lowest BCUT2D eigenvalue weighted by Gasteiger charge is -2.29. The smallest absolute Gasteiger partial charge is 0.314 e. The summed E-state index contributed by atoms with van der Waals surface area (Å²) in [5, 5.41) is 3.92. The molecule has 0 unspecified atom stereocenters. The van der Waals surface area contributed by atoms with E-state index in [4.69, 9.17) is 11.6 Å². The van der Waals surface area contributed by atoms with Crippen molar-refractivity contribution in [3.05, 3.63) is 53.1 Å². The van der Waals surface area contributed by atoms with Crippen LogP contribution in [0, 0.1) is 6.92 Å². The second-order valence-corrected chi connectivity index (χ2v) is 8.99. The Morgan fingerprint density at radius 3 is 2.41 bits per heavy atom. The minimum Gasteiger partial charge on any atom is -0.314 e. The van der Waals surface area contributed by atoms with Crippen LogP contribution in [0.5, 0.6) is 0 Å². The van der Waals surface area contributed by atoms with Crippen LogP contribution in [0.4, 0.5) is 17.1 Å². The number of para-hydroxylation sites is 2. The normalized spacial score (nSPS) is 19.3. The molecule has 0 atom stereocenters. The number of hydrogen-bond acceptors (Lipinski definition) is 4. The van der Waals surface area contributed by atoms with Crippen LogP contribution in [0.15, 0.2) is 42.5 Å². The van der Waals surface area contributed by atoms with Crippen LogP contribution in [0.2, 0.25) is 5.02 Å². The maximum absolute atomic E-state index is 13.4. The highest BCUT2D eigenvalue weighted by Gasteiger charge is 2.41. The largest absolute Gasteiger partial charge is 0.331 e. The van der Waals surface area contributed by atoms with Gasteiger partial charge in [0.25, 0.3) is 0 Å². The van der Waals surface area contributed by atoms with Gasteiger partial charge in [-0.3, -0.25) is 4.90 Å². The van der Waals surface area contributed by atoms with E-state index in [0.717, 1.165) is 37.4 Å². The van der Waals surface area contributed by atoms with Crippen molar-refractivity contribution in [3.63, 3.8) is 0 Å². The summed E-state index contributed by atoms with van der Waals surface area (Å²) in [6.45, 7) is 6.79. The van der Waals surface area contributed by atoms with E-state index >= 15 is 0 Å². The van der Waals surface area contributed by atoms with Gasteiger partial charge in [0.1, 0.15) is 0 Å². The third-order valence-corrected chi connectivity index (χ3v) is 7.11. The number of rotatable bonds is 4. The molecule has 8 heteroatoms. The monoisotopic (exact) mass is 406 g/mol. The van der Waals surface area contributed by atoms with Gasteiger partial charge in [0.15, 0.2) is 0 Å². The summed E-state index contributed by atoms with van der Waals surface area (Å²) in [4.78, 5) is 2.30. The molecule has 6 nitrogen and oxygen atoms in total. The number of hydrogen-bond donors (Lipinski definition) is 1. The lowest BCUT2D eigenvalue weighted by atomic mass is 10.2. The summed E-state index contributed by atoms with van der Waals surface area (Å²) in [6, 6.07) is 12.8. The van der Waals surface area contributed by atoms with E-state index in [1.807, 2.05) is 31.2 Å². The standard InChI is InChI=1S/C19H23ClN4O2S/c1-15-14-16(20)6-7-17(15)24-19-5-3-2-4-18(19)23(27(24,25)26)13-12-22-10-8-21-9-11-22/h2-7,14,21H,8-13H2,1H3. The van der Waals surface area contributed by atoms with E-state index in [9.17, 15) is 8.42 Å². The molecule has 0 amide bonds. The van der Waals surface area contributed by atoms with Crippen LogP contribution in [0.3, 0.4) is 0 Å². The second kappa shape index (κ2) is 7.31. The number of benzene rings is 2. The molecule has 2 heterocycles. The molecule has 2 aromatic rings. The Labute approximate surface area is 165 Å². The predicted octanol–water partition coefficient (Wildman–Crippen LogP) is 2.76. The number of nitrogens with one attached hydrogen (secondary N) is 1. The molecular weight excluding hydrogens is 384 g/mol. The topological polar surface area (TPSA) is 55.9 Å². The zero-order valence-corrected chi connectivity index (χ0v) is 16.8. The average molecular weight is 407 g/mol. The van der Waals surface area contributed by atoms with Crippen LogP contribution in [-0.2, 0) is 10.2 Å². The second-order valence-electron chi connectivity index (χ2n) is 6.86. The van der Waals surface area contributed by atoms with E-state index in [-0.39, 0.29) is 0 Å². The van der Waals surface area contributed by atoms with Gasteiger partial charge in [-0.25, -0.2) is 8.61 Å². The van der Waals surface area contributed by atoms with Crippen LogP contribution in [0.1, 0.15) is 5.56 Å². The van der Waals surface area contributed by atoms with Crippen LogP contribution < -0.4 is 13.9 Å². The van der Waals surface area contributed by atoms with Crippen molar-refractivity contribution in [1.82, 2.24) is 10.2 Å². The maximum atomic E-state index is 13.4. The number of nitrogens with zero attached hydrogens (tertiary/aromatic N) is 3. The number of anilines is 3. The highest BCUT2D eigenvalue weighted by atomic mass is 35.5. The predicted molar refractivity (Wildman–Crippen MR) is 110 cm³/mol. The molecule has 2 aromatic carbocycles. The summed E-state index contributed by atoms with van der Waals surface area (Å²) in [5.41, 5.74) is 2.87. The van der Waals surface area contributed by atoms with Crippen molar-refractivity contribution in [2.45, 2.75) is 6.92 Å². The van der Waals surface area contributed by atoms with Gasteiger partial charge < -0.3 is 5.32 Å². The van der Waals surface area contributed by atoms with E-state index in [1.54, 1.807) is 18.2 Å². The Balaban J connectivity index is 1.69. The molecule has 0 aromatic heterocycles. The lowest BCUT2D eigenvalue weighted by molar-refractivity contribution is 0.248. The van der Waals surface area contributed by atoms with Gasteiger partial charge in [0.05, 0.1) is 17.1 Å². The van der Waals surface area contributed by atoms with Gasteiger partial charge in [-0.2, -0.15) is 8.42 Å². The molecule has 27 heavy (non-hydrogen) atoms. The van der Waals surface area contributed by atoms with Crippen molar-refractivity contribution >= 4 is 38.9 Å². The van der Waals surface area contributed by atoms with Crippen molar-refractivity contribution in [2.24, 2.45) is 0 Å². The van der Waals surface area contributed by atoms with Gasteiger partial charge in [0.2, 0.25) is 0 Å². The van der Waals surface area contributed by atoms with Gasteiger partial charge in [-0.05, 0) is 42.8 Å². The number of piperazine rings is 1. The van der Waals surface area contributed by atoms with Gasteiger partial charge in [-0.1, -0.05) is 23.7 Å². The summed E-state index contributed by atoms with van der Waals surface area (Å²) >= 11 is 6.07. The first-order valence-electron chi connectivity index (χ1n) is 9.10. The van der Waals surface area contributed by atoms with E-state index in [1.165, 1.54) is 8.61 Å². The average Bonchev–Trinajstić information content (AvgIpc) is 2.87. The van der Waals surface area contributed by atoms with Gasteiger partial charge >= 0.3 is 10.2 Å². The molecule has 2 aliphatic heterocycles. The van der Waals surface area contributed by atoms with Gasteiger partial charge in [0, 0.05) is 44.3 Å². The minimum atomic E-state index is -3.69. The Morgan fingerprint density at radius 2 is 1.70 bits per heavy atom. The maximum Gasteiger partial charge on any atom is 0.331 e. The Morgan fingerprint density at radius 1 is 1.00 bits per heavy atom. The van der Waals surface area contributed by atoms with E-state index in [2.05, 4.69) is 10.2 Å². The molecule has 1 saturated heterocycles. The number of halogens is 1. The summed E-state index contributed by atoms with van der Waals surface area (Å²) < 4.78 is 29.9. The number of aryl methyl sites for hydroxylation is 1. The SMILES string of the molecule is Cc1cc(Cl)ccc1N1c2ccccc2N(CCN2CCNCC2)S1(=O)=O. The van der Waals surface area contributed by atoms with Crippen LogP contribution >= 0.6 is 11.6 Å². The molecular formula is C19H23ClN4O2S. The van der Waals surface area contributed by atoms with Gasteiger partial charge in [-0.15, -0.1) is 0 Å². The fourth-order valence-corrected chi connectivity index (χ4v) is 5.69. The first-order valence-corrected chi connectivity index (χ1v) is 10.9. The molecule has 1 fully saturated rings. The molecule has 2 aliphatic rings. The quantitative estimate of drug-likeness (QED) is 0.848. The van der Waals surface area contributed by atoms with Crippen molar-refractivity contribution in [1.29, 1.82) is 0 Å². The third kappa shape index (κ3) is 3.40. The summed E-state index contributed by atoms with van der Waals surface area (Å²) in [5.74, 6) is 0. The third-order valence-electron chi connectivity index (χ3n) is 5.09. The summed E-state index contributed by atoms with van der Waals surface area (Å²) in [6.07, 6.45) is 0. The zero-order valence-electron chi connectivity index (χ0n) is 15.2. The first kappa shape index (κ1) is 18.6. The molecule has 0 spiro atoms. The highest BCUT2D eigenvalue weighted by molar-refractivity contribution is 7.95. The Kier molecular flexibility index (Phi) is 5.03. The van der Waals surface area contributed by atoms with Crippen molar-refractivity contribution in [3.8, 4) is 0 Å².